The molecule has 3 nitrogen and oxygen atoms in total. The maximum atomic E-state index is 12.1. The summed E-state index contributed by atoms with van der Waals surface area (Å²) in [6, 6.07) is 9.32. The van der Waals surface area contributed by atoms with Crippen LogP contribution in [0.3, 0.4) is 0 Å². The van der Waals surface area contributed by atoms with E-state index in [1.807, 2.05) is 42.6 Å². The number of rotatable bonds is 5. The number of ether oxygens (including phenoxy) is 1. The largest absolute Gasteiger partial charge is 0.491 e. The van der Waals surface area contributed by atoms with Crippen LogP contribution in [-0.2, 0) is 0 Å². The van der Waals surface area contributed by atoms with Crippen molar-refractivity contribution >= 4 is 38.9 Å². The van der Waals surface area contributed by atoms with E-state index in [-0.39, 0.29) is 5.91 Å². The Labute approximate surface area is 124 Å². The summed E-state index contributed by atoms with van der Waals surface area (Å²) in [7, 11) is 0. The molecular formula is C14H14BrNO2S. The second kappa shape index (κ2) is 6.73. The fourth-order valence-electron chi connectivity index (χ4n) is 1.54. The maximum Gasteiger partial charge on any atom is 0.266 e. The zero-order valence-electron chi connectivity index (χ0n) is 10.5. The molecule has 100 valence electrons. The van der Waals surface area contributed by atoms with Crippen molar-refractivity contribution < 1.29 is 9.53 Å². The van der Waals surface area contributed by atoms with E-state index in [0.29, 0.717) is 22.9 Å². The Kier molecular flexibility index (Phi) is 4.99. The summed E-state index contributed by atoms with van der Waals surface area (Å²) in [5.74, 6) is 0.569. The molecule has 2 rings (SSSR count). The molecule has 0 aliphatic rings. The van der Waals surface area contributed by atoms with Crippen LogP contribution in [0.1, 0.15) is 23.0 Å². The summed E-state index contributed by atoms with van der Waals surface area (Å²) in [6.45, 7) is 2.68. The predicted octanol–water partition coefficient (Wildman–Crippen LogP) is 4.55. The highest BCUT2D eigenvalue weighted by molar-refractivity contribution is 9.10. The van der Waals surface area contributed by atoms with Crippen LogP contribution >= 0.6 is 27.3 Å². The van der Waals surface area contributed by atoms with Gasteiger partial charge in [-0.15, -0.1) is 11.3 Å². The van der Waals surface area contributed by atoms with Gasteiger partial charge < -0.3 is 10.1 Å². The molecule has 0 radical (unpaired) electrons. The summed E-state index contributed by atoms with van der Waals surface area (Å²) < 4.78 is 6.42. The summed E-state index contributed by atoms with van der Waals surface area (Å²) in [5.41, 5.74) is 0.696. The fraction of sp³-hybridized carbons (Fsp3) is 0.214. The lowest BCUT2D eigenvalue weighted by molar-refractivity contribution is 0.102. The number of carbonyl (C=O) groups is 1. The van der Waals surface area contributed by atoms with E-state index in [2.05, 4.69) is 21.2 Å². The molecule has 0 saturated carbocycles. The Morgan fingerprint density at radius 1 is 1.37 bits per heavy atom. The van der Waals surface area contributed by atoms with Crippen LogP contribution in [0.4, 0.5) is 5.69 Å². The number of benzene rings is 1. The number of nitrogens with one attached hydrogen (secondary N) is 1. The van der Waals surface area contributed by atoms with Crippen molar-refractivity contribution in [2.45, 2.75) is 13.3 Å². The first-order valence-corrected chi connectivity index (χ1v) is 7.65. The van der Waals surface area contributed by atoms with E-state index in [9.17, 15) is 4.79 Å². The molecule has 0 spiro atoms. The zero-order valence-corrected chi connectivity index (χ0v) is 12.9. The molecule has 0 unspecified atom stereocenters. The lowest BCUT2D eigenvalue weighted by Gasteiger charge is -2.11. The van der Waals surface area contributed by atoms with Crippen molar-refractivity contribution in [1.82, 2.24) is 0 Å². The van der Waals surface area contributed by atoms with Gasteiger partial charge >= 0.3 is 0 Å². The minimum atomic E-state index is -0.130. The number of carbonyl (C=O) groups excluding carboxylic acids is 1. The highest BCUT2D eigenvalue weighted by Gasteiger charge is 2.13. The highest BCUT2D eigenvalue weighted by Crippen LogP contribution is 2.27. The first-order valence-electron chi connectivity index (χ1n) is 5.98. The van der Waals surface area contributed by atoms with Crippen molar-refractivity contribution in [1.29, 1.82) is 0 Å². The first kappa shape index (κ1) is 14.1. The summed E-state index contributed by atoms with van der Waals surface area (Å²) in [4.78, 5) is 12.8. The van der Waals surface area contributed by atoms with Gasteiger partial charge in [-0.3, -0.25) is 4.79 Å². The van der Waals surface area contributed by atoms with Gasteiger partial charge in [-0.25, -0.2) is 0 Å². The van der Waals surface area contributed by atoms with E-state index < -0.39 is 0 Å². The van der Waals surface area contributed by atoms with Crippen molar-refractivity contribution in [2.75, 3.05) is 11.9 Å². The van der Waals surface area contributed by atoms with Crippen LogP contribution in [0.25, 0.3) is 0 Å². The highest BCUT2D eigenvalue weighted by atomic mass is 79.9. The van der Waals surface area contributed by atoms with E-state index in [4.69, 9.17) is 4.74 Å². The van der Waals surface area contributed by atoms with Crippen molar-refractivity contribution in [3.05, 3.63) is 45.1 Å². The molecule has 2 aromatic rings. The number of anilines is 1. The topological polar surface area (TPSA) is 38.3 Å². The molecule has 0 saturated heterocycles. The number of thiophene rings is 1. The molecule has 1 N–H and O–H groups in total. The van der Waals surface area contributed by atoms with Crippen LogP contribution in [0.15, 0.2) is 40.2 Å². The van der Waals surface area contributed by atoms with Crippen LogP contribution in [0, 0.1) is 0 Å². The second-order valence-corrected chi connectivity index (χ2v) is 5.67. The number of halogens is 1. The predicted molar refractivity (Wildman–Crippen MR) is 82.2 cm³/mol. The standard InChI is InChI=1S/C14H14BrNO2S/c1-2-8-18-12-6-4-3-5-11(12)16-14(17)13-10(15)7-9-19-13/h3-7,9H,2,8H2,1H3,(H,16,17). The monoisotopic (exact) mass is 339 g/mol. The van der Waals surface area contributed by atoms with Crippen LogP contribution in [0.5, 0.6) is 5.75 Å². The number of hydrogen-bond donors (Lipinski definition) is 1. The van der Waals surface area contributed by atoms with Gasteiger partial charge in [-0.05, 0) is 45.9 Å². The minimum absolute atomic E-state index is 0.130. The van der Waals surface area contributed by atoms with Crippen LogP contribution in [-0.4, -0.2) is 12.5 Å². The SMILES string of the molecule is CCCOc1ccccc1NC(=O)c1sccc1Br. The third-order valence-corrected chi connectivity index (χ3v) is 4.26. The number of para-hydroxylation sites is 2. The Morgan fingerprint density at radius 2 is 2.16 bits per heavy atom. The molecule has 0 atom stereocenters. The van der Waals surface area contributed by atoms with Crippen molar-refractivity contribution in [2.24, 2.45) is 0 Å². The summed E-state index contributed by atoms with van der Waals surface area (Å²) in [5, 5.41) is 4.75. The average molecular weight is 340 g/mol. The molecule has 1 heterocycles. The van der Waals surface area contributed by atoms with E-state index in [1.54, 1.807) is 0 Å². The molecule has 1 amide bonds. The Balaban J connectivity index is 2.15. The Hall–Kier alpha value is -1.33. The van der Waals surface area contributed by atoms with Gasteiger partial charge in [0.15, 0.2) is 0 Å². The average Bonchev–Trinajstić information content (AvgIpc) is 2.84. The van der Waals surface area contributed by atoms with Crippen molar-refractivity contribution in [3.8, 4) is 5.75 Å². The van der Waals surface area contributed by atoms with Gasteiger partial charge in [0.25, 0.3) is 5.91 Å². The van der Waals surface area contributed by atoms with Gasteiger partial charge in [-0.2, -0.15) is 0 Å². The molecular weight excluding hydrogens is 326 g/mol. The molecule has 19 heavy (non-hydrogen) atoms. The van der Waals surface area contributed by atoms with Crippen LogP contribution < -0.4 is 10.1 Å². The summed E-state index contributed by atoms with van der Waals surface area (Å²) in [6.07, 6.45) is 0.929. The Morgan fingerprint density at radius 3 is 2.84 bits per heavy atom. The normalized spacial score (nSPS) is 10.2. The van der Waals surface area contributed by atoms with Gasteiger partial charge in [0.2, 0.25) is 0 Å². The molecule has 1 aromatic heterocycles. The molecule has 0 bridgehead atoms. The van der Waals surface area contributed by atoms with Gasteiger partial charge in [0.05, 0.1) is 12.3 Å². The van der Waals surface area contributed by atoms with Gasteiger partial charge in [0, 0.05) is 4.47 Å². The third kappa shape index (κ3) is 3.58. The van der Waals surface area contributed by atoms with Crippen molar-refractivity contribution in [3.63, 3.8) is 0 Å². The number of amides is 1. The Bertz CT molecular complexity index is 568. The fourth-order valence-corrected chi connectivity index (χ4v) is 2.99. The number of hydrogen-bond acceptors (Lipinski definition) is 3. The minimum Gasteiger partial charge on any atom is -0.491 e. The quantitative estimate of drug-likeness (QED) is 0.867. The molecule has 1 aromatic carbocycles. The molecule has 0 fully saturated rings. The van der Waals surface area contributed by atoms with Gasteiger partial charge in [0.1, 0.15) is 10.6 Å². The second-order valence-electron chi connectivity index (χ2n) is 3.90. The summed E-state index contributed by atoms with van der Waals surface area (Å²) >= 11 is 4.76. The van der Waals surface area contributed by atoms with E-state index in [1.165, 1.54) is 11.3 Å². The first-order chi connectivity index (χ1) is 9.22. The zero-order chi connectivity index (χ0) is 13.7. The third-order valence-electron chi connectivity index (χ3n) is 2.42. The molecule has 5 heteroatoms. The van der Waals surface area contributed by atoms with Gasteiger partial charge in [-0.1, -0.05) is 19.1 Å². The van der Waals surface area contributed by atoms with E-state index >= 15 is 0 Å². The lowest BCUT2D eigenvalue weighted by atomic mass is 10.3. The molecule has 0 aliphatic heterocycles. The maximum absolute atomic E-state index is 12.1. The molecule has 0 aliphatic carbocycles. The smallest absolute Gasteiger partial charge is 0.266 e. The lowest BCUT2D eigenvalue weighted by Crippen LogP contribution is -2.12. The van der Waals surface area contributed by atoms with Crippen LogP contribution in [0.2, 0.25) is 0 Å². The van der Waals surface area contributed by atoms with E-state index in [0.717, 1.165) is 10.9 Å².